The summed E-state index contributed by atoms with van der Waals surface area (Å²) in [4.78, 5) is 29.1. The quantitative estimate of drug-likeness (QED) is 0.679. The Morgan fingerprint density at radius 2 is 1.71 bits per heavy atom. The number of rotatable bonds is 3. The second-order valence-electron chi connectivity index (χ2n) is 6.26. The SMILES string of the molecule is CC(C)(N)C(C)(C)C(=O)Nc1cc2[nH]c(=O)[nH]c2cc1Br. The highest BCUT2D eigenvalue weighted by molar-refractivity contribution is 9.10. The molecular weight excluding hydrogens is 336 g/mol. The lowest BCUT2D eigenvalue weighted by Gasteiger charge is -2.36. The first kappa shape index (κ1) is 15.8. The van der Waals surface area contributed by atoms with E-state index in [-0.39, 0.29) is 11.6 Å². The molecule has 1 aromatic heterocycles. The van der Waals surface area contributed by atoms with Gasteiger partial charge in [-0.25, -0.2) is 4.79 Å². The van der Waals surface area contributed by atoms with Gasteiger partial charge in [-0.1, -0.05) is 0 Å². The fourth-order valence-electron chi connectivity index (χ4n) is 1.72. The molecule has 114 valence electrons. The average Bonchev–Trinajstić information content (AvgIpc) is 2.67. The van der Waals surface area contributed by atoms with E-state index in [1.54, 1.807) is 26.0 Å². The first-order valence-electron chi connectivity index (χ1n) is 6.54. The van der Waals surface area contributed by atoms with Gasteiger partial charge in [-0.2, -0.15) is 0 Å². The van der Waals surface area contributed by atoms with Crippen LogP contribution in [0, 0.1) is 5.41 Å². The van der Waals surface area contributed by atoms with Crippen molar-refractivity contribution in [2.75, 3.05) is 5.32 Å². The molecule has 0 radical (unpaired) electrons. The summed E-state index contributed by atoms with van der Waals surface area (Å²) in [7, 11) is 0. The fraction of sp³-hybridized carbons (Fsp3) is 0.429. The minimum absolute atomic E-state index is 0.187. The Morgan fingerprint density at radius 1 is 1.19 bits per heavy atom. The van der Waals surface area contributed by atoms with Gasteiger partial charge in [0.05, 0.1) is 22.1 Å². The van der Waals surface area contributed by atoms with Gasteiger partial charge in [-0.15, -0.1) is 0 Å². The molecule has 0 atom stereocenters. The topological polar surface area (TPSA) is 104 Å². The van der Waals surface area contributed by atoms with Crippen LogP contribution in [0.2, 0.25) is 0 Å². The molecule has 6 nitrogen and oxygen atoms in total. The molecule has 5 N–H and O–H groups in total. The van der Waals surface area contributed by atoms with E-state index in [0.29, 0.717) is 21.2 Å². The molecule has 0 aliphatic heterocycles. The third-order valence-electron chi connectivity index (χ3n) is 4.03. The highest BCUT2D eigenvalue weighted by atomic mass is 79.9. The van der Waals surface area contributed by atoms with Crippen LogP contribution in [0.15, 0.2) is 21.4 Å². The Morgan fingerprint density at radius 3 is 2.24 bits per heavy atom. The van der Waals surface area contributed by atoms with Crippen LogP contribution in [0.4, 0.5) is 5.69 Å². The van der Waals surface area contributed by atoms with Crippen LogP contribution in [-0.2, 0) is 4.79 Å². The Hall–Kier alpha value is -1.60. The van der Waals surface area contributed by atoms with Crippen molar-refractivity contribution in [3.05, 3.63) is 27.1 Å². The minimum atomic E-state index is -0.757. The number of halogens is 1. The van der Waals surface area contributed by atoms with E-state index in [1.807, 2.05) is 13.8 Å². The lowest BCUT2D eigenvalue weighted by atomic mass is 9.74. The molecule has 21 heavy (non-hydrogen) atoms. The lowest BCUT2D eigenvalue weighted by molar-refractivity contribution is -0.126. The third-order valence-corrected chi connectivity index (χ3v) is 4.69. The number of carbonyl (C=O) groups is 1. The molecular formula is C14H19BrN4O2. The van der Waals surface area contributed by atoms with E-state index >= 15 is 0 Å². The van der Waals surface area contributed by atoms with E-state index < -0.39 is 11.0 Å². The van der Waals surface area contributed by atoms with Crippen molar-refractivity contribution in [1.82, 2.24) is 9.97 Å². The molecule has 0 unspecified atom stereocenters. The van der Waals surface area contributed by atoms with Crippen LogP contribution < -0.4 is 16.7 Å². The predicted octanol–water partition coefficient (Wildman–Crippen LogP) is 2.32. The fourth-order valence-corrected chi connectivity index (χ4v) is 2.17. The zero-order valence-electron chi connectivity index (χ0n) is 12.4. The second-order valence-corrected chi connectivity index (χ2v) is 7.11. The van der Waals surface area contributed by atoms with Gasteiger partial charge in [-0.3, -0.25) is 4.79 Å². The molecule has 1 heterocycles. The maximum atomic E-state index is 12.5. The van der Waals surface area contributed by atoms with Gasteiger partial charge in [0.25, 0.3) is 0 Å². The van der Waals surface area contributed by atoms with E-state index in [9.17, 15) is 9.59 Å². The number of aromatic amines is 2. The number of benzene rings is 1. The zero-order valence-corrected chi connectivity index (χ0v) is 14.0. The molecule has 2 rings (SSSR count). The molecule has 0 aliphatic rings. The largest absolute Gasteiger partial charge is 0.325 e. The smallest absolute Gasteiger partial charge is 0.323 e. The summed E-state index contributed by atoms with van der Waals surface area (Å²) in [6, 6.07) is 3.44. The first-order valence-corrected chi connectivity index (χ1v) is 7.33. The van der Waals surface area contributed by atoms with Gasteiger partial charge in [0, 0.05) is 10.0 Å². The lowest BCUT2D eigenvalue weighted by Crippen LogP contribution is -2.53. The van der Waals surface area contributed by atoms with Crippen molar-refractivity contribution in [1.29, 1.82) is 0 Å². The summed E-state index contributed by atoms with van der Waals surface area (Å²) >= 11 is 3.39. The number of hydrogen-bond donors (Lipinski definition) is 4. The first-order chi connectivity index (χ1) is 9.52. The number of nitrogens with one attached hydrogen (secondary N) is 3. The van der Waals surface area contributed by atoms with Gasteiger partial charge in [0.1, 0.15) is 0 Å². The molecule has 0 bridgehead atoms. The van der Waals surface area contributed by atoms with Crippen molar-refractivity contribution in [2.45, 2.75) is 33.2 Å². The van der Waals surface area contributed by atoms with E-state index in [4.69, 9.17) is 5.73 Å². The zero-order chi connectivity index (χ0) is 16.0. The highest BCUT2D eigenvalue weighted by Crippen LogP contribution is 2.32. The number of anilines is 1. The van der Waals surface area contributed by atoms with Crippen LogP contribution in [0.3, 0.4) is 0 Å². The maximum Gasteiger partial charge on any atom is 0.323 e. The van der Waals surface area contributed by atoms with Crippen LogP contribution in [0.25, 0.3) is 11.0 Å². The average molecular weight is 355 g/mol. The van der Waals surface area contributed by atoms with Crippen molar-refractivity contribution >= 4 is 38.6 Å². The van der Waals surface area contributed by atoms with E-state index in [2.05, 4.69) is 31.2 Å². The molecule has 0 aliphatic carbocycles. The van der Waals surface area contributed by atoms with Crippen molar-refractivity contribution in [2.24, 2.45) is 11.1 Å². The van der Waals surface area contributed by atoms with Gasteiger partial charge in [0.2, 0.25) is 5.91 Å². The summed E-state index contributed by atoms with van der Waals surface area (Å²) in [5.41, 5.74) is 6.24. The van der Waals surface area contributed by atoms with Gasteiger partial charge >= 0.3 is 5.69 Å². The summed E-state index contributed by atoms with van der Waals surface area (Å²) in [6.07, 6.45) is 0. The monoisotopic (exact) mass is 354 g/mol. The third kappa shape index (κ3) is 2.89. The molecule has 0 spiro atoms. The number of nitrogens with two attached hydrogens (primary N) is 1. The van der Waals surface area contributed by atoms with Crippen LogP contribution >= 0.6 is 15.9 Å². The number of aromatic nitrogens is 2. The number of hydrogen-bond acceptors (Lipinski definition) is 3. The number of carbonyl (C=O) groups excluding carboxylic acids is 1. The van der Waals surface area contributed by atoms with Crippen LogP contribution in [-0.4, -0.2) is 21.4 Å². The summed E-state index contributed by atoms with van der Waals surface area (Å²) < 4.78 is 0.684. The summed E-state index contributed by atoms with van der Waals surface area (Å²) in [6.45, 7) is 7.22. The Labute approximate surface area is 130 Å². The van der Waals surface area contributed by atoms with E-state index in [1.165, 1.54) is 0 Å². The van der Waals surface area contributed by atoms with Gasteiger partial charge in [-0.05, 0) is 55.8 Å². The van der Waals surface area contributed by atoms with Gasteiger partial charge < -0.3 is 21.0 Å². The summed E-state index contributed by atoms with van der Waals surface area (Å²) in [5.74, 6) is -0.187. The maximum absolute atomic E-state index is 12.5. The summed E-state index contributed by atoms with van der Waals surface area (Å²) in [5, 5.41) is 2.86. The van der Waals surface area contributed by atoms with Crippen molar-refractivity contribution in [3.8, 4) is 0 Å². The van der Waals surface area contributed by atoms with Crippen molar-refractivity contribution < 1.29 is 4.79 Å². The van der Waals surface area contributed by atoms with Gasteiger partial charge in [0.15, 0.2) is 0 Å². The number of H-pyrrole nitrogens is 2. The molecule has 1 aromatic carbocycles. The number of imidazole rings is 1. The Kier molecular flexibility index (Phi) is 3.75. The molecule has 1 amide bonds. The van der Waals surface area contributed by atoms with Crippen molar-refractivity contribution in [3.63, 3.8) is 0 Å². The molecule has 2 aromatic rings. The van der Waals surface area contributed by atoms with E-state index in [0.717, 1.165) is 0 Å². The Bertz CT molecular complexity index is 752. The van der Waals surface area contributed by atoms with Crippen LogP contribution in [0.1, 0.15) is 27.7 Å². The van der Waals surface area contributed by atoms with Crippen LogP contribution in [0.5, 0.6) is 0 Å². The molecule has 0 saturated carbocycles. The Balaban J connectivity index is 2.37. The number of amides is 1. The minimum Gasteiger partial charge on any atom is -0.325 e. The molecule has 7 heteroatoms. The second kappa shape index (κ2) is 4.99. The predicted molar refractivity (Wildman–Crippen MR) is 87.3 cm³/mol. The molecule has 0 saturated heterocycles. The standard InChI is InChI=1S/C14H19BrN4O2/c1-13(2,14(3,4)16)11(20)17-8-6-10-9(5-7(8)15)18-12(21)19-10/h5-6H,16H2,1-4H3,(H,17,20)(H2,18,19,21). The number of fused-ring (bicyclic) bond motifs is 1. The normalized spacial score (nSPS) is 12.7. The molecule has 0 fully saturated rings. The highest BCUT2D eigenvalue weighted by Gasteiger charge is 2.40.